The molecule has 0 bridgehead atoms. The van der Waals surface area contributed by atoms with Gasteiger partial charge in [-0.1, -0.05) is 25.5 Å². The average molecular weight is 243 g/mol. The van der Waals surface area contributed by atoms with Crippen molar-refractivity contribution in [1.82, 2.24) is 9.97 Å². The van der Waals surface area contributed by atoms with Crippen LogP contribution in [0.4, 0.5) is 5.82 Å². The molecule has 18 heavy (non-hydrogen) atoms. The standard InChI is InChI=1S/C14H17N3O/c1-2-3-4-11-5-7-12(8-6-11)18-14-16-10-9-13(15)17-14/h5-10H,2-4H2,1H3,(H2,15,16,17). The number of ether oxygens (including phenoxy) is 1. The maximum Gasteiger partial charge on any atom is 0.323 e. The van der Waals surface area contributed by atoms with Gasteiger partial charge in [0.2, 0.25) is 0 Å². The topological polar surface area (TPSA) is 61.0 Å². The Bertz CT molecular complexity index is 497. The molecule has 1 aromatic heterocycles. The summed E-state index contributed by atoms with van der Waals surface area (Å²) in [6.45, 7) is 2.19. The Morgan fingerprint density at radius 3 is 2.61 bits per heavy atom. The van der Waals surface area contributed by atoms with Crippen molar-refractivity contribution in [2.75, 3.05) is 5.73 Å². The molecule has 0 atom stereocenters. The van der Waals surface area contributed by atoms with Crippen molar-refractivity contribution in [2.24, 2.45) is 0 Å². The summed E-state index contributed by atoms with van der Waals surface area (Å²) in [5.41, 5.74) is 6.88. The number of aromatic nitrogens is 2. The third-order valence-electron chi connectivity index (χ3n) is 2.61. The number of rotatable bonds is 5. The molecule has 2 rings (SSSR count). The number of unbranched alkanes of at least 4 members (excludes halogenated alkanes) is 1. The molecule has 2 N–H and O–H groups in total. The van der Waals surface area contributed by atoms with E-state index in [0.29, 0.717) is 5.82 Å². The maximum atomic E-state index is 5.56. The molecule has 0 aliphatic carbocycles. The number of nitrogens with zero attached hydrogens (tertiary/aromatic N) is 2. The highest BCUT2D eigenvalue weighted by Gasteiger charge is 2.01. The molecule has 0 saturated heterocycles. The second kappa shape index (κ2) is 6.00. The number of benzene rings is 1. The van der Waals surface area contributed by atoms with E-state index < -0.39 is 0 Å². The van der Waals surface area contributed by atoms with Gasteiger partial charge in [0.1, 0.15) is 11.6 Å². The normalized spacial score (nSPS) is 10.3. The van der Waals surface area contributed by atoms with Gasteiger partial charge in [0.25, 0.3) is 0 Å². The van der Waals surface area contributed by atoms with Gasteiger partial charge in [-0.25, -0.2) is 4.98 Å². The second-order valence-corrected chi connectivity index (χ2v) is 4.11. The first-order valence-electron chi connectivity index (χ1n) is 6.13. The van der Waals surface area contributed by atoms with E-state index in [4.69, 9.17) is 10.5 Å². The second-order valence-electron chi connectivity index (χ2n) is 4.11. The van der Waals surface area contributed by atoms with Crippen molar-refractivity contribution in [3.05, 3.63) is 42.1 Å². The van der Waals surface area contributed by atoms with Crippen molar-refractivity contribution in [2.45, 2.75) is 26.2 Å². The molecule has 4 heteroatoms. The van der Waals surface area contributed by atoms with Crippen LogP contribution >= 0.6 is 0 Å². The van der Waals surface area contributed by atoms with Crippen LogP contribution in [0.2, 0.25) is 0 Å². The predicted octanol–water partition coefficient (Wildman–Crippen LogP) is 3.19. The molecule has 1 aromatic carbocycles. The molecule has 0 spiro atoms. The monoisotopic (exact) mass is 243 g/mol. The number of anilines is 1. The molecule has 0 amide bonds. The van der Waals surface area contributed by atoms with Crippen LogP contribution in [0, 0.1) is 0 Å². The summed E-state index contributed by atoms with van der Waals surface area (Å²) in [5.74, 6) is 1.13. The van der Waals surface area contributed by atoms with E-state index in [-0.39, 0.29) is 6.01 Å². The zero-order valence-corrected chi connectivity index (χ0v) is 10.5. The Labute approximate surface area is 107 Å². The van der Waals surface area contributed by atoms with Crippen molar-refractivity contribution in [1.29, 1.82) is 0 Å². The highest BCUT2D eigenvalue weighted by Crippen LogP contribution is 2.19. The van der Waals surface area contributed by atoms with Crippen molar-refractivity contribution < 1.29 is 4.74 Å². The molecule has 0 aliphatic rings. The van der Waals surface area contributed by atoms with E-state index in [0.717, 1.165) is 12.2 Å². The van der Waals surface area contributed by atoms with E-state index in [1.54, 1.807) is 12.3 Å². The van der Waals surface area contributed by atoms with Gasteiger partial charge in [0, 0.05) is 6.20 Å². The number of nitrogen functional groups attached to an aromatic ring is 1. The third kappa shape index (κ3) is 3.45. The van der Waals surface area contributed by atoms with E-state index in [9.17, 15) is 0 Å². The van der Waals surface area contributed by atoms with E-state index in [2.05, 4.69) is 29.0 Å². The van der Waals surface area contributed by atoms with E-state index in [1.807, 2.05) is 12.1 Å². The molecule has 0 radical (unpaired) electrons. The van der Waals surface area contributed by atoms with Crippen molar-refractivity contribution in [3.8, 4) is 11.8 Å². The molecule has 4 nitrogen and oxygen atoms in total. The quantitative estimate of drug-likeness (QED) is 0.876. The molecule has 94 valence electrons. The van der Waals surface area contributed by atoms with Crippen LogP contribution in [0.15, 0.2) is 36.5 Å². The fraction of sp³-hybridized carbons (Fsp3) is 0.286. The predicted molar refractivity (Wildman–Crippen MR) is 71.6 cm³/mol. The van der Waals surface area contributed by atoms with Crippen LogP contribution in [0.25, 0.3) is 0 Å². The maximum absolute atomic E-state index is 5.56. The van der Waals surface area contributed by atoms with E-state index in [1.165, 1.54) is 18.4 Å². The lowest BCUT2D eigenvalue weighted by Gasteiger charge is -2.05. The van der Waals surface area contributed by atoms with Crippen LogP contribution < -0.4 is 10.5 Å². The summed E-state index contributed by atoms with van der Waals surface area (Å²) in [6, 6.07) is 9.89. The zero-order chi connectivity index (χ0) is 12.8. The highest BCUT2D eigenvalue weighted by atomic mass is 16.5. The first-order chi connectivity index (χ1) is 8.78. The van der Waals surface area contributed by atoms with Crippen LogP contribution in [-0.4, -0.2) is 9.97 Å². The van der Waals surface area contributed by atoms with Crippen LogP contribution in [0.3, 0.4) is 0 Å². The fourth-order valence-electron chi connectivity index (χ4n) is 1.61. The summed E-state index contributed by atoms with van der Waals surface area (Å²) in [4.78, 5) is 7.98. The lowest BCUT2D eigenvalue weighted by atomic mass is 10.1. The number of aryl methyl sites for hydroxylation is 1. The Morgan fingerprint density at radius 2 is 1.94 bits per heavy atom. The number of hydrogen-bond donors (Lipinski definition) is 1. The largest absolute Gasteiger partial charge is 0.424 e. The molecule has 0 unspecified atom stereocenters. The van der Waals surface area contributed by atoms with Gasteiger partial charge in [-0.3, -0.25) is 0 Å². The minimum Gasteiger partial charge on any atom is -0.424 e. The summed E-state index contributed by atoms with van der Waals surface area (Å²) in [5, 5.41) is 0. The number of hydrogen-bond acceptors (Lipinski definition) is 4. The lowest BCUT2D eigenvalue weighted by Crippen LogP contribution is -1.95. The lowest BCUT2D eigenvalue weighted by molar-refractivity contribution is 0.442. The minimum absolute atomic E-state index is 0.274. The Hall–Kier alpha value is -2.10. The van der Waals surface area contributed by atoms with E-state index >= 15 is 0 Å². The summed E-state index contributed by atoms with van der Waals surface area (Å²) in [6.07, 6.45) is 5.09. The third-order valence-corrected chi connectivity index (χ3v) is 2.61. The Kier molecular flexibility index (Phi) is 4.12. The van der Waals surface area contributed by atoms with Crippen molar-refractivity contribution >= 4 is 5.82 Å². The van der Waals surface area contributed by atoms with Crippen LogP contribution in [0.5, 0.6) is 11.8 Å². The van der Waals surface area contributed by atoms with Crippen LogP contribution in [-0.2, 0) is 6.42 Å². The first-order valence-corrected chi connectivity index (χ1v) is 6.13. The first kappa shape index (κ1) is 12.4. The van der Waals surface area contributed by atoms with Gasteiger partial charge in [-0.05, 0) is 36.6 Å². The van der Waals surface area contributed by atoms with Gasteiger partial charge in [-0.15, -0.1) is 0 Å². The SMILES string of the molecule is CCCCc1ccc(Oc2nccc(N)n2)cc1. The van der Waals surface area contributed by atoms with Crippen LogP contribution in [0.1, 0.15) is 25.3 Å². The van der Waals surface area contributed by atoms with Gasteiger partial charge in [0.05, 0.1) is 0 Å². The number of nitrogens with two attached hydrogens (primary N) is 1. The Morgan fingerprint density at radius 1 is 1.17 bits per heavy atom. The molecule has 2 aromatic rings. The Balaban J connectivity index is 2.02. The molecule has 0 fully saturated rings. The molecular weight excluding hydrogens is 226 g/mol. The van der Waals surface area contributed by atoms with Gasteiger partial charge < -0.3 is 10.5 Å². The molecular formula is C14H17N3O. The smallest absolute Gasteiger partial charge is 0.323 e. The molecule has 1 heterocycles. The zero-order valence-electron chi connectivity index (χ0n) is 10.5. The molecule has 0 saturated carbocycles. The molecule has 0 aliphatic heterocycles. The highest BCUT2D eigenvalue weighted by molar-refractivity contribution is 5.31. The summed E-state index contributed by atoms with van der Waals surface area (Å²) >= 11 is 0. The van der Waals surface area contributed by atoms with Gasteiger partial charge in [0.15, 0.2) is 0 Å². The van der Waals surface area contributed by atoms with Gasteiger partial charge >= 0.3 is 6.01 Å². The fourth-order valence-corrected chi connectivity index (χ4v) is 1.61. The summed E-state index contributed by atoms with van der Waals surface area (Å²) in [7, 11) is 0. The average Bonchev–Trinajstić information content (AvgIpc) is 2.38. The van der Waals surface area contributed by atoms with Gasteiger partial charge in [-0.2, -0.15) is 4.98 Å². The van der Waals surface area contributed by atoms with Crippen molar-refractivity contribution in [3.63, 3.8) is 0 Å². The summed E-state index contributed by atoms with van der Waals surface area (Å²) < 4.78 is 5.52. The minimum atomic E-state index is 0.274.